The molecule has 0 unspecified atom stereocenters. The molecule has 0 spiro atoms. The van der Waals surface area contributed by atoms with Crippen molar-refractivity contribution in [2.24, 2.45) is 5.73 Å². The predicted molar refractivity (Wildman–Crippen MR) is 67.5 cm³/mol. The minimum absolute atomic E-state index is 0.132. The van der Waals surface area contributed by atoms with Gasteiger partial charge in [0.25, 0.3) is 0 Å². The standard InChI is InChI=1S/C10H18N4OS/c1-2-16-7-3-5-12-10-4-6-14(13-10)8-9(11)15/h4,6H,2-3,5,7-8H2,1H3,(H2,11,15)(H,12,13). The van der Waals surface area contributed by atoms with Crippen molar-refractivity contribution in [2.45, 2.75) is 19.9 Å². The Balaban J connectivity index is 2.21. The molecule has 0 fully saturated rings. The Morgan fingerprint density at radius 3 is 3.19 bits per heavy atom. The van der Waals surface area contributed by atoms with Gasteiger partial charge in [0.2, 0.25) is 5.91 Å². The average Bonchev–Trinajstić information content (AvgIpc) is 2.64. The largest absolute Gasteiger partial charge is 0.369 e. The van der Waals surface area contributed by atoms with Gasteiger partial charge in [-0.05, 0) is 17.9 Å². The fourth-order valence-corrected chi connectivity index (χ4v) is 1.88. The fraction of sp³-hybridized carbons (Fsp3) is 0.600. The first-order chi connectivity index (χ1) is 7.72. The smallest absolute Gasteiger partial charge is 0.239 e. The number of aromatic nitrogens is 2. The number of anilines is 1. The maximum atomic E-state index is 10.6. The minimum Gasteiger partial charge on any atom is -0.369 e. The summed E-state index contributed by atoms with van der Waals surface area (Å²) in [5, 5.41) is 7.37. The minimum atomic E-state index is -0.381. The molecule has 1 amide bonds. The van der Waals surface area contributed by atoms with Gasteiger partial charge < -0.3 is 11.1 Å². The van der Waals surface area contributed by atoms with E-state index < -0.39 is 0 Å². The molecule has 0 aliphatic carbocycles. The molecule has 0 atom stereocenters. The summed E-state index contributed by atoms with van der Waals surface area (Å²) in [6.45, 7) is 3.19. The number of carbonyl (C=O) groups excluding carboxylic acids is 1. The van der Waals surface area contributed by atoms with Crippen LogP contribution in [0.5, 0.6) is 0 Å². The van der Waals surface area contributed by atoms with Gasteiger partial charge in [0.15, 0.2) is 0 Å². The molecular weight excluding hydrogens is 224 g/mol. The van der Waals surface area contributed by atoms with Crippen molar-refractivity contribution in [3.8, 4) is 0 Å². The molecule has 1 rings (SSSR count). The van der Waals surface area contributed by atoms with Crippen molar-refractivity contribution < 1.29 is 4.79 Å². The predicted octanol–water partition coefficient (Wildman–Crippen LogP) is 0.923. The summed E-state index contributed by atoms with van der Waals surface area (Å²) >= 11 is 1.93. The molecule has 3 N–H and O–H groups in total. The number of amides is 1. The molecule has 0 saturated heterocycles. The number of nitrogens with zero attached hydrogens (tertiary/aromatic N) is 2. The van der Waals surface area contributed by atoms with E-state index in [0.29, 0.717) is 0 Å². The van der Waals surface area contributed by atoms with Crippen LogP contribution in [0.4, 0.5) is 5.82 Å². The lowest BCUT2D eigenvalue weighted by Crippen LogP contribution is -2.19. The SMILES string of the molecule is CCSCCCNc1ccn(CC(N)=O)n1. The quantitative estimate of drug-likeness (QED) is 0.665. The molecule has 0 aliphatic rings. The highest BCUT2D eigenvalue weighted by atomic mass is 32.2. The van der Waals surface area contributed by atoms with E-state index in [-0.39, 0.29) is 12.5 Å². The number of nitrogens with two attached hydrogens (primary N) is 1. The van der Waals surface area contributed by atoms with Crippen molar-refractivity contribution in [3.05, 3.63) is 12.3 Å². The Kier molecular flexibility index (Phi) is 5.77. The van der Waals surface area contributed by atoms with Crippen LogP contribution >= 0.6 is 11.8 Å². The van der Waals surface area contributed by atoms with E-state index >= 15 is 0 Å². The summed E-state index contributed by atoms with van der Waals surface area (Å²) in [4.78, 5) is 10.6. The lowest BCUT2D eigenvalue weighted by Gasteiger charge is -2.02. The molecule has 1 heterocycles. The summed E-state index contributed by atoms with van der Waals surface area (Å²) < 4.78 is 1.53. The lowest BCUT2D eigenvalue weighted by molar-refractivity contribution is -0.118. The molecule has 16 heavy (non-hydrogen) atoms. The fourth-order valence-electron chi connectivity index (χ4n) is 1.24. The molecular formula is C10H18N4OS. The summed E-state index contributed by atoms with van der Waals surface area (Å²) in [5.41, 5.74) is 5.07. The van der Waals surface area contributed by atoms with Crippen molar-refractivity contribution in [1.82, 2.24) is 9.78 Å². The van der Waals surface area contributed by atoms with Crippen LogP contribution in [-0.4, -0.2) is 33.7 Å². The first-order valence-electron chi connectivity index (χ1n) is 5.35. The summed E-state index contributed by atoms with van der Waals surface area (Å²) in [6.07, 6.45) is 2.86. The number of hydrogen-bond acceptors (Lipinski definition) is 4. The van der Waals surface area contributed by atoms with Gasteiger partial charge in [0, 0.05) is 18.8 Å². The Hall–Kier alpha value is -1.17. The molecule has 5 nitrogen and oxygen atoms in total. The molecule has 0 aromatic carbocycles. The second-order valence-corrected chi connectivity index (χ2v) is 4.74. The summed E-state index contributed by atoms with van der Waals surface area (Å²) in [7, 11) is 0. The van der Waals surface area contributed by atoms with Crippen molar-refractivity contribution in [2.75, 3.05) is 23.4 Å². The van der Waals surface area contributed by atoms with Crippen molar-refractivity contribution >= 4 is 23.5 Å². The maximum absolute atomic E-state index is 10.6. The van der Waals surface area contributed by atoms with Crippen LogP contribution in [0.25, 0.3) is 0 Å². The zero-order valence-corrected chi connectivity index (χ0v) is 10.3. The van der Waals surface area contributed by atoms with Gasteiger partial charge >= 0.3 is 0 Å². The Morgan fingerprint density at radius 2 is 2.50 bits per heavy atom. The van der Waals surface area contributed by atoms with Gasteiger partial charge in [0.05, 0.1) is 0 Å². The van der Waals surface area contributed by atoms with Gasteiger partial charge in [-0.2, -0.15) is 16.9 Å². The second kappa shape index (κ2) is 7.16. The first kappa shape index (κ1) is 12.9. The third-order valence-electron chi connectivity index (χ3n) is 1.93. The molecule has 0 bridgehead atoms. The number of hydrogen-bond donors (Lipinski definition) is 2. The molecule has 0 aliphatic heterocycles. The molecule has 0 saturated carbocycles. The highest BCUT2D eigenvalue weighted by Gasteiger charge is 2.00. The molecule has 1 aromatic rings. The average molecular weight is 242 g/mol. The van der Waals surface area contributed by atoms with E-state index in [1.54, 1.807) is 6.20 Å². The van der Waals surface area contributed by atoms with Crippen LogP contribution < -0.4 is 11.1 Å². The third-order valence-corrected chi connectivity index (χ3v) is 2.92. The van der Waals surface area contributed by atoms with Gasteiger partial charge in [0.1, 0.15) is 12.4 Å². The van der Waals surface area contributed by atoms with Crippen molar-refractivity contribution in [3.63, 3.8) is 0 Å². The normalized spacial score (nSPS) is 10.3. The van der Waals surface area contributed by atoms with E-state index in [1.807, 2.05) is 17.8 Å². The molecule has 0 radical (unpaired) electrons. The zero-order valence-electron chi connectivity index (χ0n) is 9.48. The molecule has 1 aromatic heterocycles. The highest BCUT2D eigenvalue weighted by Crippen LogP contribution is 2.04. The van der Waals surface area contributed by atoms with Crippen LogP contribution in [0.1, 0.15) is 13.3 Å². The second-order valence-electron chi connectivity index (χ2n) is 3.34. The number of primary amides is 1. The highest BCUT2D eigenvalue weighted by molar-refractivity contribution is 7.99. The van der Waals surface area contributed by atoms with E-state index in [1.165, 1.54) is 4.68 Å². The van der Waals surface area contributed by atoms with Crippen LogP contribution in [0.15, 0.2) is 12.3 Å². The Labute approximate surface area is 99.8 Å². The van der Waals surface area contributed by atoms with Crippen LogP contribution in [0, 0.1) is 0 Å². The van der Waals surface area contributed by atoms with Gasteiger partial charge in [-0.1, -0.05) is 6.92 Å². The lowest BCUT2D eigenvalue weighted by atomic mass is 10.5. The Morgan fingerprint density at radius 1 is 1.69 bits per heavy atom. The molecule has 6 heteroatoms. The van der Waals surface area contributed by atoms with E-state index in [4.69, 9.17) is 5.73 Å². The maximum Gasteiger partial charge on any atom is 0.239 e. The number of nitrogens with one attached hydrogen (secondary N) is 1. The molecule has 90 valence electrons. The van der Waals surface area contributed by atoms with Gasteiger partial charge in [-0.15, -0.1) is 0 Å². The third kappa shape index (κ3) is 5.06. The van der Waals surface area contributed by atoms with Gasteiger partial charge in [-0.3, -0.25) is 9.48 Å². The van der Waals surface area contributed by atoms with Gasteiger partial charge in [-0.25, -0.2) is 0 Å². The monoisotopic (exact) mass is 242 g/mol. The van der Waals surface area contributed by atoms with E-state index in [0.717, 1.165) is 30.3 Å². The van der Waals surface area contributed by atoms with E-state index in [2.05, 4.69) is 17.3 Å². The number of thioether (sulfide) groups is 1. The van der Waals surface area contributed by atoms with E-state index in [9.17, 15) is 4.79 Å². The van der Waals surface area contributed by atoms with Crippen LogP contribution in [0.2, 0.25) is 0 Å². The Bertz CT molecular complexity index is 326. The van der Waals surface area contributed by atoms with Crippen LogP contribution in [-0.2, 0) is 11.3 Å². The first-order valence-corrected chi connectivity index (χ1v) is 6.51. The number of carbonyl (C=O) groups is 1. The van der Waals surface area contributed by atoms with Crippen LogP contribution in [0.3, 0.4) is 0 Å². The topological polar surface area (TPSA) is 72.9 Å². The summed E-state index contributed by atoms with van der Waals surface area (Å²) in [6, 6.07) is 1.84. The zero-order chi connectivity index (χ0) is 11.8. The summed E-state index contributed by atoms with van der Waals surface area (Å²) in [5.74, 6) is 2.73. The number of rotatable bonds is 8. The van der Waals surface area contributed by atoms with Crippen molar-refractivity contribution in [1.29, 1.82) is 0 Å².